The van der Waals surface area contributed by atoms with Crippen LogP contribution in [-0.4, -0.2) is 34.3 Å². The van der Waals surface area contributed by atoms with E-state index in [9.17, 15) is 0 Å². The van der Waals surface area contributed by atoms with Crippen molar-refractivity contribution in [3.8, 4) is 0 Å². The number of anilines is 2. The summed E-state index contributed by atoms with van der Waals surface area (Å²) in [4.78, 5) is 6.99. The van der Waals surface area contributed by atoms with Gasteiger partial charge in [0.1, 0.15) is 0 Å². The molecule has 0 atom stereocenters. The van der Waals surface area contributed by atoms with Crippen molar-refractivity contribution in [3.05, 3.63) is 6.20 Å². The molecule has 5 heteroatoms. The van der Waals surface area contributed by atoms with Gasteiger partial charge in [0, 0.05) is 19.1 Å². The summed E-state index contributed by atoms with van der Waals surface area (Å²) >= 11 is 0. The van der Waals surface area contributed by atoms with E-state index in [-0.39, 0.29) is 0 Å². The summed E-state index contributed by atoms with van der Waals surface area (Å²) in [5, 5.41) is 11.7. The minimum absolute atomic E-state index is 0.543. The van der Waals surface area contributed by atoms with E-state index in [4.69, 9.17) is 0 Å². The van der Waals surface area contributed by atoms with E-state index in [0.717, 1.165) is 18.9 Å². The van der Waals surface area contributed by atoms with E-state index in [1.54, 1.807) is 6.20 Å². The van der Waals surface area contributed by atoms with E-state index in [1.165, 1.54) is 51.4 Å². The predicted octanol–water partition coefficient (Wildman–Crippen LogP) is 2.61. The normalized spacial score (nSPS) is 21.4. The molecule has 0 spiro atoms. The van der Waals surface area contributed by atoms with Crippen LogP contribution in [0.15, 0.2) is 6.20 Å². The number of hydrogen-bond donors (Lipinski definition) is 1. The van der Waals surface area contributed by atoms with Gasteiger partial charge >= 0.3 is 0 Å². The molecule has 1 aromatic heterocycles. The molecule has 0 radical (unpaired) electrons. The third-order valence-corrected chi connectivity index (χ3v) is 4.16. The molecule has 5 nitrogen and oxygen atoms in total. The van der Waals surface area contributed by atoms with Crippen LogP contribution in [0.1, 0.15) is 51.4 Å². The summed E-state index contributed by atoms with van der Waals surface area (Å²) in [5.41, 5.74) is 0. The van der Waals surface area contributed by atoms with Crippen LogP contribution < -0.4 is 10.2 Å². The lowest BCUT2D eigenvalue weighted by atomic mass is 10.2. The van der Waals surface area contributed by atoms with E-state index in [1.807, 2.05) is 0 Å². The zero-order valence-electron chi connectivity index (χ0n) is 11.5. The first-order valence-corrected chi connectivity index (χ1v) is 7.63. The molecule has 1 aromatic rings. The average Bonchev–Trinajstić information content (AvgIpc) is 2.79. The van der Waals surface area contributed by atoms with Crippen LogP contribution in [0.25, 0.3) is 0 Å². The molecule has 1 aliphatic carbocycles. The van der Waals surface area contributed by atoms with Crippen molar-refractivity contribution < 1.29 is 0 Å². The fraction of sp³-hybridized carbons (Fsp3) is 0.786. The van der Waals surface area contributed by atoms with Crippen molar-refractivity contribution in [2.24, 2.45) is 0 Å². The Labute approximate surface area is 114 Å². The molecule has 0 amide bonds. The standard InChI is InChI=1S/C14H23N5/c1-2-6-10-19(9-5-1)13-11-15-18-14(17-13)16-12-7-3-4-8-12/h11-12H,1-10H2,(H,16,17,18). The maximum atomic E-state index is 4.64. The molecule has 1 N–H and O–H groups in total. The second-order valence-electron chi connectivity index (χ2n) is 5.67. The lowest BCUT2D eigenvalue weighted by Crippen LogP contribution is -2.26. The first kappa shape index (κ1) is 12.6. The molecule has 2 fully saturated rings. The fourth-order valence-electron chi connectivity index (χ4n) is 3.06. The van der Waals surface area contributed by atoms with Crippen molar-refractivity contribution in [1.82, 2.24) is 15.2 Å². The summed E-state index contributed by atoms with van der Waals surface area (Å²) in [5.74, 6) is 1.69. The summed E-state index contributed by atoms with van der Waals surface area (Å²) < 4.78 is 0. The molecule has 0 aromatic carbocycles. The van der Waals surface area contributed by atoms with Gasteiger partial charge in [0.05, 0.1) is 6.20 Å². The number of rotatable bonds is 3. The van der Waals surface area contributed by atoms with Crippen LogP contribution in [0.2, 0.25) is 0 Å². The number of aromatic nitrogens is 3. The van der Waals surface area contributed by atoms with Gasteiger partial charge in [-0.15, -0.1) is 5.10 Å². The zero-order chi connectivity index (χ0) is 12.9. The highest BCUT2D eigenvalue weighted by Gasteiger charge is 2.17. The Bertz CT molecular complexity index is 395. The van der Waals surface area contributed by atoms with E-state index in [2.05, 4.69) is 25.4 Å². The molecule has 0 bridgehead atoms. The lowest BCUT2D eigenvalue weighted by molar-refractivity contribution is 0.726. The maximum Gasteiger partial charge on any atom is 0.244 e. The van der Waals surface area contributed by atoms with Gasteiger partial charge in [-0.2, -0.15) is 10.1 Å². The summed E-state index contributed by atoms with van der Waals surface area (Å²) in [6.07, 6.45) is 12.1. The molecule has 1 saturated heterocycles. The van der Waals surface area contributed by atoms with Crippen LogP contribution in [0.5, 0.6) is 0 Å². The van der Waals surface area contributed by atoms with Crippen molar-refractivity contribution in [3.63, 3.8) is 0 Å². The molecule has 19 heavy (non-hydrogen) atoms. The van der Waals surface area contributed by atoms with Gasteiger partial charge in [0.25, 0.3) is 0 Å². The quantitative estimate of drug-likeness (QED) is 0.906. The van der Waals surface area contributed by atoms with Crippen LogP contribution in [0, 0.1) is 0 Å². The van der Waals surface area contributed by atoms with Crippen molar-refractivity contribution in [2.75, 3.05) is 23.3 Å². The van der Waals surface area contributed by atoms with Gasteiger partial charge in [-0.25, -0.2) is 0 Å². The highest BCUT2D eigenvalue weighted by atomic mass is 15.3. The van der Waals surface area contributed by atoms with Gasteiger partial charge in [0.2, 0.25) is 5.95 Å². The third-order valence-electron chi connectivity index (χ3n) is 4.16. The van der Waals surface area contributed by atoms with E-state index < -0.39 is 0 Å². The highest BCUT2D eigenvalue weighted by Crippen LogP contribution is 2.22. The van der Waals surface area contributed by atoms with Gasteiger partial charge in [-0.3, -0.25) is 0 Å². The van der Waals surface area contributed by atoms with Gasteiger partial charge < -0.3 is 10.2 Å². The smallest absolute Gasteiger partial charge is 0.244 e. The van der Waals surface area contributed by atoms with Crippen molar-refractivity contribution >= 4 is 11.8 Å². The summed E-state index contributed by atoms with van der Waals surface area (Å²) in [6, 6.07) is 0.543. The molecular weight excluding hydrogens is 238 g/mol. The second-order valence-corrected chi connectivity index (χ2v) is 5.67. The Morgan fingerprint density at radius 1 is 1.00 bits per heavy atom. The molecule has 1 aliphatic heterocycles. The minimum Gasteiger partial charge on any atom is -0.355 e. The minimum atomic E-state index is 0.543. The molecule has 2 heterocycles. The SMILES string of the molecule is c1nnc(NC2CCCC2)nc1N1CCCCCC1. The van der Waals surface area contributed by atoms with Crippen LogP contribution in [0.4, 0.5) is 11.8 Å². The number of nitrogens with one attached hydrogen (secondary N) is 1. The van der Waals surface area contributed by atoms with E-state index >= 15 is 0 Å². The Morgan fingerprint density at radius 3 is 2.47 bits per heavy atom. The Balaban J connectivity index is 1.67. The summed E-state index contributed by atoms with van der Waals surface area (Å²) in [7, 11) is 0. The van der Waals surface area contributed by atoms with Gasteiger partial charge in [-0.05, 0) is 25.7 Å². The topological polar surface area (TPSA) is 53.9 Å². The Hall–Kier alpha value is -1.39. The predicted molar refractivity (Wildman–Crippen MR) is 76.4 cm³/mol. The average molecular weight is 261 g/mol. The molecule has 1 saturated carbocycles. The van der Waals surface area contributed by atoms with Gasteiger partial charge in [-0.1, -0.05) is 25.7 Å². The van der Waals surface area contributed by atoms with Crippen molar-refractivity contribution in [2.45, 2.75) is 57.4 Å². The zero-order valence-corrected chi connectivity index (χ0v) is 11.5. The molecule has 3 rings (SSSR count). The maximum absolute atomic E-state index is 4.64. The van der Waals surface area contributed by atoms with Crippen molar-refractivity contribution in [1.29, 1.82) is 0 Å². The monoisotopic (exact) mass is 261 g/mol. The largest absolute Gasteiger partial charge is 0.355 e. The van der Waals surface area contributed by atoms with Crippen LogP contribution >= 0.6 is 0 Å². The first-order chi connectivity index (χ1) is 9.42. The second kappa shape index (κ2) is 6.17. The first-order valence-electron chi connectivity index (χ1n) is 7.63. The molecular formula is C14H23N5. The third kappa shape index (κ3) is 3.33. The lowest BCUT2D eigenvalue weighted by Gasteiger charge is -2.21. The Kier molecular flexibility index (Phi) is 4.10. The van der Waals surface area contributed by atoms with Crippen LogP contribution in [-0.2, 0) is 0 Å². The summed E-state index contributed by atoms with van der Waals surface area (Å²) in [6.45, 7) is 2.20. The number of nitrogens with zero attached hydrogens (tertiary/aromatic N) is 4. The van der Waals surface area contributed by atoms with Gasteiger partial charge in [0.15, 0.2) is 5.82 Å². The molecule has 2 aliphatic rings. The highest BCUT2D eigenvalue weighted by molar-refractivity contribution is 5.40. The molecule has 104 valence electrons. The molecule has 0 unspecified atom stereocenters. The number of hydrogen-bond acceptors (Lipinski definition) is 5. The van der Waals surface area contributed by atoms with E-state index in [0.29, 0.717) is 12.0 Å². The fourth-order valence-corrected chi connectivity index (χ4v) is 3.06. The Morgan fingerprint density at radius 2 is 1.74 bits per heavy atom. The van der Waals surface area contributed by atoms with Crippen LogP contribution in [0.3, 0.4) is 0 Å².